The summed E-state index contributed by atoms with van der Waals surface area (Å²) in [6, 6.07) is 11.7. The fourth-order valence-corrected chi connectivity index (χ4v) is 2.50. The van der Waals surface area contributed by atoms with Crippen molar-refractivity contribution >= 4 is 0 Å². The summed E-state index contributed by atoms with van der Waals surface area (Å²) in [5.74, 6) is 0.756. The van der Waals surface area contributed by atoms with Gasteiger partial charge in [0.1, 0.15) is 5.82 Å². The van der Waals surface area contributed by atoms with Gasteiger partial charge in [-0.25, -0.2) is 4.98 Å². The molecule has 0 bridgehead atoms. The Morgan fingerprint density at radius 1 is 1.11 bits per heavy atom. The first-order valence-electron chi connectivity index (χ1n) is 6.34. The summed E-state index contributed by atoms with van der Waals surface area (Å²) in [6.07, 6.45) is 3.39. The molecule has 0 fully saturated rings. The molecule has 1 aromatic carbocycles. The fraction of sp³-hybridized carbons (Fsp3) is 0.333. The molecule has 0 spiro atoms. The highest BCUT2D eigenvalue weighted by atomic mass is 16.1. The minimum absolute atomic E-state index is 0.0952. The van der Waals surface area contributed by atoms with Crippen molar-refractivity contribution in [1.29, 1.82) is 0 Å². The second-order valence-electron chi connectivity index (χ2n) is 4.44. The van der Waals surface area contributed by atoms with Crippen LogP contribution < -0.4 is 5.56 Å². The van der Waals surface area contributed by atoms with Crippen LogP contribution in [0.5, 0.6) is 0 Å². The predicted molar refractivity (Wildman–Crippen MR) is 72.7 cm³/mol. The molecule has 3 nitrogen and oxygen atoms in total. The Morgan fingerprint density at radius 3 is 2.33 bits per heavy atom. The van der Waals surface area contributed by atoms with E-state index < -0.39 is 0 Å². The van der Waals surface area contributed by atoms with E-state index in [1.54, 1.807) is 6.20 Å². The van der Waals surface area contributed by atoms with Gasteiger partial charge in [-0.1, -0.05) is 44.2 Å². The van der Waals surface area contributed by atoms with Gasteiger partial charge in [-0.15, -0.1) is 0 Å². The maximum Gasteiger partial charge on any atom is 0.250 e. The third kappa shape index (κ3) is 2.08. The van der Waals surface area contributed by atoms with Crippen LogP contribution >= 0.6 is 0 Å². The molecule has 0 aliphatic heterocycles. The monoisotopic (exact) mass is 242 g/mol. The van der Waals surface area contributed by atoms with E-state index in [1.807, 2.05) is 18.2 Å². The highest BCUT2D eigenvalue weighted by molar-refractivity contribution is 5.32. The van der Waals surface area contributed by atoms with E-state index in [-0.39, 0.29) is 11.0 Å². The minimum Gasteiger partial charge on any atom is -0.310 e. The molecule has 0 amide bonds. The topological polar surface area (TPSA) is 45.8 Å². The van der Waals surface area contributed by atoms with Gasteiger partial charge in [-0.3, -0.25) is 4.79 Å². The zero-order valence-corrected chi connectivity index (χ0v) is 10.8. The van der Waals surface area contributed by atoms with Crippen molar-refractivity contribution in [3.8, 4) is 0 Å². The molecular weight excluding hydrogens is 224 g/mol. The zero-order chi connectivity index (χ0) is 13.0. The first-order chi connectivity index (χ1) is 8.73. The van der Waals surface area contributed by atoms with Gasteiger partial charge in [0.05, 0.1) is 5.41 Å². The molecule has 0 saturated heterocycles. The van der Waals surface area contributed by atoms with Crippen LogP contribution in [0.25, 0.3) is 0 Å². The lowest BCUT2D eigenvalue weighted by Crippen LogP contribution is -2.30. The van der Waals surface area contributed by atoms with E-state index in [1.165, 1.54) is 11.6 Å². The molecule has 2 rings (SSSR count). The average molecular weight is 242 g/mol. The number of rotatable bonds is 4. The van der Waals surface area contributed by atoms with Crippen molar-refractivity contribution in [2.75, 3.05) is 0 Å². The quantitative estimate of drug-likeness (QED) is 0.896. The normalized spacial score (nSPS) is 11.4. The lowest BCUT2D eigenvalue weighted by atomic mass is 9.75. The summed E-state index contributed by atoms with van der Waals surface area (Å²) in [5.41, 5.74) is 0.897. The van der Waals surface area contributed by atoms with Crippen LogP contribution in [0.1, 0.15) is 38.1 Å². The molecule has 3 heteroatoms. The van der Waals surface area contributed by atoms with E-state index in [0.29, 0.717) is 0 Å². The Bertz CT molecular complexity index is 556. The maximum atomic E-state index is 11.5. The summed E-state index contributed by atoms with van der Waals surface area (Å²) in [4.78, 5) is 18.8. The van der Waals surface area contributed by atoms with Gasteiger partial charge in [-0.05, 0) is 18.4 Å². The van der Waals surface area contributed by atoms with Crippen LogP contribution in [-0.4, -0.2) is 9.97 Å². The molecule has 0 aliphatic rings. The number of benzene rings is 1. The van der Waals surface area contributed by atoms with E-state index >= 15 is 0 Å². The van der Waals surface area contributed by atoms with Crippen molar-refractivity contribution in [2.45, 2.75) is 32.1 Å². The van der Waals surface area contributed by atoms with Gasteiger partial charge < -0.3 is 4.98 Å². The van der Waals surface area contributed by atoms with Crippen LogP contribution in [0.2, 0.25) is 0 Å². The largest absolute Gasteiger partial charge is 0.310 e. The summed E-state index contributed by atoms with van der Waals surface area (Å²) in [7, 11) is 0. The summed E-state index contributed by atoms with van der Waals surface area (Å²) < 4.78 is 0. The van der Waals surface area contributed by atoms with E-state index in [9.17, 15) is 4.79 Å². The Kier molecular flexibility index (Phi) is 3.60. The van der Waals surface area contributed by atoms with Crippen molar-refractivity contribution in [1.82, 2.24) is 9.97 Å². The van der Waals surface area contributed by atoms with Gasteiger partial charge in [0.2, 0.25) is 0 Å². The van der Waals surface area contributed by atoms with Crippen LogP contribution in [0.4, 0.5) is 0 Å². The summed E-state index contributed by atoms with van der Waals surface area (Å²) >= 11 is 0. The van der Waals surface area contributed by atoms with Crippen LogP contribution in [0.3, 0.4) is 0 Å². The van der Waals surface area contributed by atoms with Gasteiger partial charge in [0.15, 0.2) is 0 Å². The number of hydrogen-bond donors (Lipinski definition) is 1. The van der Waals surface area contributed by atoms with E-state index in [2.05, 4.69) is 35.9 Å². The maximum absolute atomic E-state index is 11.5. The molecular formula is C15H18N2O. The molecule has 1 N–H and O–H groups in total. The Morgan fingerprint density at radius 2 is 1.78 bits per heavy atom. The molecule has 0 atom stereocenters. The average Bonchev–Trinajstić information content (AvgIpc) is 2.42. The van der Waals surface area contributed by atoms with Crippen molar-refractivity contribution in [3.05, 3.63) is 64.3 Å². The highest BCUT2D eigenvalue weighted by Gasteiger charge is 2.32. The van der Waals surface area contributed by atoms with Gasteiger partial charge in [0, 0.05) is 12.3 Å². The van der Waals surface area contributed by atoms with Gasteiger partial charge in [-0.2, -0.15) is 0 Å². The molecule has 2 aromatic rings. The smallest absolute Gasteiger partial charge is 0.250 e. The summed E-state index contributed by atoms with van der Waals surface area (Å²) in [6.45, 7) is 4.26. The van der Waals surface area contributed by atoms with Crippen molar-refractivity contribution < 1.29 is 0 Å². The highest BCUT2D eigenvalue weighted by Crippen LogP contribution is 2.35. The van der Waals surface area contributed by atoms with Crippen LogP contribution in [0.15, 0.2) is 47.4 Å². The Labute approximate surface area is 107 Å². The molecule has 1 heterocycles. The van der Waals surface area contributed by atoms with Crippen LogP contribution in [0, 0.1) is 0 Å². The fourth-order valence-electron chi connectivity index (χ4n) is 2.50. The molecule has 0 aliphatic carbocycles. The summed E-state index contributed by atoms with van der Waals surface area (Å²) in [5, 5.41) is 0. The number of nitrogens with one attached hydrogen (secondary N) is 1. The molecule has 94 valence electrons. The van der Waals surface area contributed by atoms with Crippen LogP contribution in [-0.2, 0) is 5.41 Å². The molecule has 0 unspecified atom stereocenters. The first-order valence-corrected chi connectivity index (χ1v) is 6.34. The SMILES string of the molecule is CCC(CC)(c1ccccc1)c1nccc(=O)[nH]1. The van der Waals surface area contributed by atoms with Gasteiger partial charge in [0.25, 0.3) is 5.56 Å². The minimum atomic E-state index is -0.207. The molecule has 0 radical (unpaired) electrons. The zero-order valence-electron chi connectivity index (χ0n) is 10.8. The Balaban J connectivity index is 2.61. The third-order valence-corrected chi connectivity index (χ3v) is 3.66. The number of nitrogens with zero attached hydrogens (tertiary/aromatic N) is 1. The van der Waals surface area contributed by atoms with Crippen molar-refractivity contribution in [2.24, 2.45) is 0 Å². The molecule has 18 heavy (non-hydrogen) atoms. The lowest BCUT2D eigenvalue weighted by Gasteiger charge is -2.31. The van der Waals surface area contributed by atoms with E-state index in [4.69, 9.17) is 0 Å². The molecule has 0 saturated carbocycles. The van der Waals surface area contributed by atoms with Gasteiger partial charge >= 0.3 is 0 Å². The number of H-pyrrole nitrogens is 1. The number of hydrogen-bond acceptors (Lipinski definition) is 2. The Hall–Kier alpha value is -1.90. The third-order valence-electron chi connectivity index (χ3n) is 3.66. The number of aromatic nitrogens is 2. The first kappa shape index (κ1) is 12.6. The standard InChI is InChI=1S/C15H18N2O/c1-3-15(4-2,12-8-6-5-7-9-12)14-16-11-10-13(18)17-14/h5-11H,3-4H2,1-2H3,(H,16,17,18). The van der Waals surface area contributed by atoms with E-state index in [0.717, 1.165) is 18.7 Å². The lowest BCUT2D eigenvalue weighted by molar-refractivity contribution is 0.447. The second-order valence-corrected chi connectivity index (χ2v) is 4.44. The predicted octanol–water partition coefficient (Wildman–Crippen LogP) is 2.88. The molecule has 1 aromatic heterocycles. The second kappa shape index (κ2) is 5.17. The van der Waals surface area contributed by atoms with Crippen molar-refractivity contribution in [3.63, 3.8) is 0 Å². The number of aromatic amines is 1.